The van der Waals surface area contributed by atoms with Crippen molar-refractivity contribution in [2.24, 2.45) is 0 Å². The minimum atomic E-state index is -0.0235. The molecule has 0 unspecified atom stereocenters. The number of carbonyl (C=O) groups excluding carboxylic acids is 1. The first-order valence-electron chi connectivity index (χ1n) is 8.27. The molecular weight excluding hydrogens is 338 g/mol. The number of hydrogen-bond donors (Lipinski definition) is 1. The third kappa shape index (κ3) is 4.31. The Bertz CT molecular complexity index is 859. The van der Waals surface area contributed by atoms with Crippen molar-refractivity contribution in [2.75, 3.05) is 6.61 Å². The van der Waals surface area contributed by atoms with Crippen LogP contribution in [0.3, 0.4) is 0 Å². The predicted octanol–water partition coefficient (Wildman–Crippen LogP) is 3.79. The van der Waals surface area contributed by atoms with E-state index in [0.29, 0.717) is 31.3 Å². The number of nitrogens with zero attached hydrogens (tertiary/aromatic N) is 2. The number of hydrogen-bond acceptors (Lipinski definition) is 3. The van der Waals surface area contributed by atoms with E-state index in [0.717, 1.165) is 22.2 Å². The molecule has 1 N–H and O–H groups in total. The number of nitrogens with one attached hydrogen (secondary N) is 1. The minimum absolute atomic E-state index is 0.0235. The second-order valence-electron chi connectivity index (χ2n) is 5.63. The molecule has 0 radical (unpaired) electrons. The van der Waals surface area contributed by atoms with Crippen LogP contribution in [0.25, 0.3) is 10.9 Å². The minimum Gasteiger partial charge on any atom is -0.494 e. The van der Waals surface area contributed by atoms with Crippen LogP contribution in [0, 0.1) is 0 Å². The second kappa shape index (κ2) is 8.03. The zero-order valence-electron chi connectivity index (χ0n) is 14.0. The molecule has 0 fully saturated rings. The molecule has 2 aromatic carbocycles. The van der Waals surface area contributed by atoms with Crippen molar-refractivity contribution in [2.45, 2.75) is 26.4 Å². The Hall–Kier alpha value is -2.53. The average molecular weight is 358 g/mol. The lowest BCUT2D eigenvalue weighted by atomic mass is 10.2. The number of aromatic nitrogens is 2. The van der Waals surface area contributed by atoms with E-state index in [9.17, 15) is 4.79 Å². The average Bonchev–Trinajstić information content (AvgIpc) is 2.96. The maximum Gasteiger partial charge on any atom is 0.222 e. The largest absolute Gasteiger partial charge is 0.494 e. The van der Waals surface area contributed by atoms with Gasteiger partial charge in [-0.1, -0.05) is 35.9 Å². The van der Waals surface area contributed by atoms with Crippen molar-refractivity contribution in [3.05, 3.63) is 59.2 Å². The van der Waals surface area contributed by atoms with Gasteiger partial charge in [0, 0.05) is 18.4 Å². The van der Waals surface area contributed by atoms with Crippen LogP contribution < -0.4 is 10.1 Å². The number of para-hydroxylation sites is 1. The van der Waals surface area contributed by atoms with Crippen molar-refractivity contribution in [1.82, 2.24) is 15.1 Å². The lowest BCUT2D eigenvalue weighted by Gasteiger charge is -2.08. The van der Waals surface area contributed by atoms with E-state index in [1.54, 1.807) is 4.68 Å². The van der Waals surface area contributed by atoms with Gasteiger partial charge in [-0.3, -0.25) is 9.48 Å². The fraction of sp³-hybridized carbons (Fsp3) is 0.263. The summed E-state index contributed by atoms with van der Waals surface area (Å²) in [6.45, 7) is 3.57. The molecule has 0 saturated heterocycles. The van der Waals surface area contributed by atoms with Gasteiger partial charge in [-0.05, 0) is 36.8 Å². The number of ether oxygens (including phenoxy) is 1. The molecule has 3 rings (SSSR count). The molecule has 0 saturated carbocycles. The molecule has 0 aliphatic rings. The molecule has 0 spiro atoms. The van der Waals surface area contributed by atoms with Crippen LogP contribution in [0.5, 0.6) is 5.75 Å². The van der Waals surface area contributed by atoms with Crippen molar-refractivity contribution in [3.63, 3.8) is 0 Å². The third-order valence-corrected chi connectivity index (χ3v) is 4.17. The maximum atomic E-state index is 12.1. The monoisotopic (exact) mass is 357 g/mol. The van der Waals surface area contributed by atoms with E-state index in [1.165, 1.54) is 0 Å². The highest BCUT2D eigenvalue weighted by molar-refractivity contribution is 6.34. The lowest BCUT2D eigenvalue weighted by Crippen LogP contribution is -2.24. The van der Waals surface area contributed by atoms with E-state index in [-0.39, 0.29) is 5.91 Å². The summed E-state index contributed by atoms with van der Waals surface area (Å²) in [5.41, 5.74) is 1.97. The smallest absolute Gasteiger partial charge is 0.222 e. The van der Waals surface area contributed by atoms with Crippen LogP contribution in [0.15, 0.2) is 48.5 Å². The first-order valence-corrected chi connectivity index (χ1v) is 8.64. The van der Waals surface area contributed by atoms with Crippen molar-refractivity contribution < 1.29 is 9.53 Å². The van der Waals surface area contributed by atoms with Crippen LogP contribution in [0.2, 0.25) is 5.15 Å². The first kappa shape index (κ1) is 17.3. The molecule has 130 valence electrons. The van der Waals surface area contributed by atoms with Gasteiger partial charge in [-0.25, -0.2) is 0 Å². The van der Waals surface area contributed by atoms with Gasteiger partial charge in [0.15, 0.2) is 5.15 Å². The highest BCUT2D eigenvalue weighted by Gasteiger charge is 2.09. The zero-order valence-corrected chi connectivity index (χ0v) is 14.8. The van der Waals surface area contributed by atoms with E-state index in [1.807, 2.05) is 55.5 Å². The van der Waals surface area contributed by atoms with Crippen LogP contribution in [-0.2, 0) is 17.9 Å². The highest BCUT2D eigenvalue weighted by atomic mass is 35.5. The number of carbonyl (C=O) groups is 1. The predicted molar refractivity (Wildman–Crippen MR) is 98.8 cm³/mol. The molecule has 0 aliphatic heterocycles. The van der Waals surface area contributed by atoms with Gasteiger partial charge in [0.1, 0.15) is 5.75 Å². The molecule has 25 heavy (non-hydrogen) atoms. The Morgan fingerprint density at radius 1 is 1.20 bits per heavy atom. The lowest BCUT2D eigenvalue weighted by molar-refractivity contribution is -0.121. The van der Waals surface area contributed by atoms with Gasteiger partial charge in [-0.15, -0.1) is 0 Å². The van der Waals surface area contributed by atoms with E-state index >= 15 is 0 Å². The van der Waals surface area contributed by atoms with Crippen molar-refractivity contribution >= 4 is 28.4 Å². The Labute approximate surface area is 151 Å². The molecule has 3 aromatic rings. The molecule has 1 aromatic heterocycles. The molecule has 1 heterocycles. The Morgan fingerprint density at radius 3 is 2.72 bits per heavy atom. The second-order valence-corrected chi connectivity index (χ2v) is 5.99. The van der Waals surface area contributed by atoms with Gasteiger partial charge < -0.3 is 10.1 Å². The SMILES string of the molecule is CCOc1ccc(CNC(=O)CCn2nc(Cl)c3ccccc32)cc1. The van der Waals surface area contributed by atoms with Crippen LogP contribution in [0.4, 0.5) is 0 Å². The van der Waals surface area contributed by atoms with Gasteiger partial charge >= 0.3 is 0 Å². The van der Waals surface area contributed by atoms with Crippen LogP contribution in [-0.4, -0.2) is 22.3 Å². The molecule has 1 amide bonds. The maximum absolute atomic E-state index is 12.1. The fourth-order valence-corrected chi connectivity index (χ4v) is 2.88. The Kier molecular flexibility index (Phi) is 5.56. The topological polar surface area (TPSA) is 56.1 Å². The Balaban J connectivity index is 1.52. The van der Waals surface area contributed by atoms with Gasteiger partial charge in [0.05, 0.1) is 18.7 Å². The summed E-state index contributed by atoms with van der Waals surface area (Å²) in [4.78, 5) is 12.1. The molecule has 0 atom stereocenters. The standard InChI is InChI=1S/C19H20ClN3O2/c1-2-25-15-9-7-14(8-10-15)13-21-18(24)11-12-23-17-6-4-3-5-16(17)19(20)22-23/h3-10H,2,11-13H2,1H3,(H,21,24). The van der Waals surface area contributed by atoms with E-state index < -0.39 is 0 Å². The number of rotatable bonds is 7. The zero-order chi connectivity index (χ0) is 17.6. The number of fused-ring (bicyclic) bond motifs is 1. The molecule has 0 bridgehead atoms. The number of halogens is 1. The van der Waals surface area contributed by atoms with E-state index in [2.05, 4.69) is 10.4 Å². The number of benzene rings is 2. The summed E-state index contributed by atoms with van der Waals surface area (Å²) >= 11 is 6.13. The van der Waals surface area contributed by atoms with Crippen molar-refractivity contribution in [3.8, 4) is 5.75 Å². The summed E-state index contributed by atoms with van der Waals surface area (Å²) in [5.74, 6) is 0.810. The normalized spacial score (nSPS) is 10.8. The quantitative estimate of drug-likeness (QED) is 0.699. The van der Waals surface area contributed by atoms with Gasteiger partial charge in [-0.2, -0.15) is 5.10 Å². The first-order chi connectivity index (χ1) is 12.2. The Morgan fingerprint density at radius 2 is 1.96 bits per heavy atom. The van der Waals surface area contributed by atoms with Crippen LogP contribution in [0.1, 0.15) is 18.9 Å². The number of aryl methyl sites for hydroxylation is 1. The third-order valence-electron chi connectivity index (χ3n) is 3.89. The molecule has 6 heteroatoms. The molecule has 5 nitrogen and oxygen atoms in total. The number of amides is 1. The van der Waals surface area contributed by atoms with Crippen molar-refractivity contribution in [1.29, 1.82) is 0 Å². The molecular formula is C19H20ClN3O2. The highest BCUT2D eigenvalue weighted by Crippen LogP contribution is 2.22. The summed E-state index contributed by atoms with van der Waals surface area (Å²) in [6, 6.07) is 15.4. The summed E-state index contributed by atoms with van der Waals surface area (Å²) in [6.07, 6.45) is 0.346. The van der Waals surface area contributed by atoms with E-state index in [4.69, 9.17) is 16.3 Å². The fourth-order valence-electron chi connectivity index (χ4n) is 2.62. The summed E-state index contributed by atoms with van der Waals surface area (Å²) in [5, 5.41) is 8.58. The van der Waals surface area contributed by atoms with Crippen LogP contribution >= 0.6 is 11.6 Å². The summed E-state index contributed by atoms with van der Waals surface area (Å²) in [7, 11) is 0. The van der Waals surface area contributed by atoms with Gasteiger partial charge in [0.2, 0.25) is 5.91 Å². The molecule has 0 aliphatic carbocycles. The summed E-state index contributed by atoms with van der Waals surface area (Å²) < 4.78 is 7.18. The van der Waals surface area contributed by atoms with Gasteiger partial charge in [0.25, 0.3) is 0 Å².